The minimum absolute atomic E-state index is 0.0284. The Morgan fingerprint density at radius 2 is 1.94 bits per heavy atom. The minimum Gasteiger partial charge on any atom is -0.340 e. The number of amides is 1. The van der Waals surface area contributed by atoms with Crippen LogP contribution in [0.3, 0.4) is 0 Å². The lowest BCUT2D eigenvalue weighted by molar-refractivity contribution is -0.135. The van der Waals surface area contributed by atoms with Gasteiger partial charge in [-0.3, -0.25) is 4.79 Å². The molecule has 2 N–H and O–H groups in total. The molecule has 0 aliphatic rings. The van der Waals surface area contributed by atoms with Crippen molar-refractivity contribution in [3.05, 3.63) is 34.9 Å². The van der Waals surface area contributed by atoms with E-state index in [1.54, 1.807) is 18.9 Å². The van der Waals surface area contributed by atoms with Gasteiger partial charge in [0.2, 0.25) is 5.91 Å². The number of nitrogens with zero attached hydrogens (tertiary/aromatic N) is 1. The SMILES string of the molecule is CCCC(C)(N)C(=O)N(C)Cc1ccc(Cl)cc1. The summed E-state index contributed by atoms with van der Waals surface area (Å²) in [7, 11) is 1.78. The standard InChI is InChI=1S/C14H21ClN2O/c1-4-9-14(2,16)13(18)17(3)10-11-5-7-12(15)8-6-11/h5-8H,4,9-10,16H2,1-3H3. The van der Waals surface area contributed by atoms with Gasteiger partial charge in [-0.2, -0.15) is 0 Å². The second-order valence-corrected chi connectivity index (χ2v) is 5.39. The van der Waals surface area contributed by atoms with Crippen LogP contribution in [0.1, 0.15) is 32.3 Å². The van der Waals surface area contributed by atoms with Crippen LogP contribution in [0.2, 0.25) is 5.02 Å². The number of benzene rings is 1. The van der Waals surface area contributed by atoms with E-state index >= 15 is 0 Å². The molecule has 0 saturated heterocycles. The first-order valence-electron chi connectivity index (χ1n) is 6.15. The maximum atomic E-state index is 12.2. The summed E-state index contributed by atoms with van der Waals surface area (Å²) in [6, 6.07) is 7.48. The fraction of sp³-hybridized carbons (Fsp3) is 0.500. The van der Waals surface area contributed by atoms with Crippen molar-refractivity contribution < 1.29 is 4.79 Å². The van der Waals surface area contributed by atoms with E-state index < -0.39 is 5.54 Å². The summed E-state index contributed by atoms with van der Waals surface area (Å²) in [5, 5.41) is 0.697. The molecule has 1 atom stereocenters. The summed E-state index contributed by atoms with van der Waals surface area (Å²) >= 11 is 5.82. The van der Waals surface area contributed by atoms with Gasteiger partial charge in [0, 0.05) is 18.6 Å². The molecule has 0 radical (unpaired) electrons. The zero-order chi connectivity index (χ0) is 13.8. The third kappa shape index (κ3) is 4.00. The van der Waals surface area contributed by atoms with Gasteiger partial charge >= 0.3 is 0 Å². The zero-order valence-corrected chi connectivity index (χ0v) is 12.0. The third-order valence-corrected chi connectivity index (χ3v) is 3.19. The van der Waals surface area contributed by atoms with Crippen molar-refractivity contribution in [1.82, 2.24) is 4.90 Å². The molecule has 1 aromatic rings. The zero-order valence-electron chi connectivity index (χ0n) is 11.2. The predicted molar refractivity (Wildman–Crippen MR) is 75.4 cm³/mol. The summed E-state index contributed by atoms with van der Waals surface area (Å²) in [5.41, 5.74) is 6.30. The molecule has 1 rings (SSSR count). The van der Waals surface area contributed by atoms with E-state index in [1.165, 1.54) is 0 Å². The number of carbonyl (C=O) groups is 1. The van der Waals surface area contributed by atoms with Gasteiger partial charge in [-0.25, -0.2) is 0 Å². The van der Waals surface area contributed by atoms with E-state index in [1.807, 2.05) is 31.2 Å². The highest BCUT2D eigenvalue weighted by Gasteiger charge is 2.29. The molecule has 0 spiro atoms. The molecule has 0 saturated carbocycles. The van der Waals surface area contributed by atoms with Crippen molar-refractivity contribution in [3.8, 4) is 0 Å². The summed E-state index contributed by atoms with van der Waals surface area (Å²) < 4.78 is 0. The Morgan fingerprint density at radius 3 is 2.44 bits per heavy atom. The molecule has 0 aliphatic heterocycles. The molecule has 1 unspecified atom stereocenters. The van der Waals surface area contributed by atoms with E-state index in [4.69, 9.17) is 17.3 Å². The lowest BCUT2D eigenvalue weighted by atomic mass is 9.96. The normalized spacial score (nSPS) is 14.1. The highest BCUT2D eigenvalue weighted by Crippen LogP contribution is 2.15. The number of halogens is 1. The van der Waals surface area contributed by atoms with Crippen molar-refractivity contribution in [2.45, 2.75) is 38.8 Å². The Hall–Kier alpha value is -1.06. The molecule has 0 aromatic heterocycles. The molecule has 0 aliphatic carbocycles. The van der Waals surface area contributed by atoms with Gasteiger partial charge in [-0.05, 0) is 31.0 Å². The number of hydrogen-bond donors (Lipinski definition) is 1. The number of rotatable bonds is 5. The first-order chi connectivity index (χ1) is 8.36. The van der Waals surface area contributed by atoms with Gasteiger partial charge in [-0.15, -0.1) is 0 Å². The maximum absolute atomic E-state index is 12.2. The van der Waals surface area contributed by atoms with E-state index in [2.05, 4.69) is 0 Å². The van der Waals surface area contributed by atoms with E-state index in [9.17, 15) is 4.79 Å². The van der Waals surface area contributed by atoms with Gasteiger partial charge in [0.15, 0.2) is 0 Å². The summed E-state index contributed by atoms with van der Waals surface area (Å²) in [6.07, 6.45) is 1.59. The largest absolute Gasteiger partial charge is 0.340 e. The molecular weight excluding hydrogens is 248 g/mol. The highest BCUT2D eigenvalue weighted by molar-refractivity contribution is 6.30. The molecule has 3 nitrogen and oxygen atoms in total. The third-order valence-electron chi connectivity index (χ3n) is 2.94. The maximum Gasteiger partial charge on any atom is 0.242 e. The molecule has 0 fully saturated rings. The summed E-state index contributed by atoms with van der Waals surface area (Å²) in [6.45, 7) is 4.36. The Balaban J connectivity index is 2.67. The topological polar surface area (TPSA) is 46.3 Å². The number of hydrogen-bond acceptors (Lipinski definition) is 2. The Morgan fingerprint density at radius 1 is 1.39 bits per heavy atom. The monoisotopic (exact) mass is 268 g/mol. The Kier molecular flexibility index (Phi) is 5.17. The first-order valence-corrected chi connectivity index (χ1v) is 6.53. The van der Waals surface area contributed by atoms with Crippen molar-refractivity contribution in [2.24, 2.45) is 5.73 Å². The van der Waals surface area contributed by atoms with Gasteiger partial charge < -0.3 is 10.6 Å². The smallest absolute Gasteiger partial charge is 0.242 e. The van der Waals surface area contributed by atoms with Crippen molar-refractivity contribution in [3.63, 3.8) is 0 Å². The molecule has 1 amide bonds. The second-order valence-electron chi connectivity index (χ2n) is 4.96. The summed E-state index contributed by atoms with van der Waals surface area (Å²) in [5.74, 6) is -0.0284. The van der Waals surface area contributed by atoms with Crippen LogP contribution in [0.25, 0.3) is 0 Å². The highest BCUT2D eigenvalue weighted by atomic mass is 35.5. The lowest BCUT2D eigenvalue weighted by Crippen LogP contribution is -2.51. The van der Waals surface area contributed by atoms with Gasteiger partial charge in [-0.1, -0.05) is 37.1 Å². The molecule has 4 heteroatoms. The van der Waals surface area contributed by atoms with Crippen molar-refractivity contribution in [2.75, 3.05) is 7.05 Å². The average molecular weight is 269 g/mol. The minimum atomic E-state index is -0.782. The van der Waals surface area contributed by atoms with Crippen molar-refractivity contribution >= 4 is 17.5 Å². The fourth-order valence-corrected chi connectivity index (χ4v) is 2.12. The van der Waals surface area contributed by atoms with Gasteiger partial charge in [0.1, 0.15) is 0 Å². The van der Waals surface area contributed by atoms with Crippen LogP contribution in [-0.4, -0.2) is 23.4 Å². The van der Waals surface area contributed by atoms with Crippen LogP contribution in [0.15, 0.2) is 24.3 Å². The second kappa shape index (κ2) is 6.21. The molecule has 100 valence electrons. The van der Waals surface area contributed by atoms with E-state index in [0.717, 1.165) is 12.0 Å². The van der Waals surface area contributed by atoms with Gasteiger partial charge in [0.05, 0.1) is 5.54 Å². The number of carbonyl (C=O) groups excluding carboxylic acids is 1. The number of likely N-dealkylation sites (N-methyl/N-ethyl adjacent to an activating group) is 1. The molecular formula is C14H21ClN2O. The van der Waals surface area contributed by atoms with Crippen molar-refractivity contribution in [1.29, 1.82) is 0 Å². The molecule has 0 heterocycles. The first kappa shape index (κ1) is 15.0. The van der Waals surface area contributed by atoms with E-state index in [0.29, 0.717) is 18.0 Å². The van der Waals surface area contributed by atoms with Gasteiger partial charge in [0.25, 0.3) is 0 Å². The quantitative estimate of drug-likeness (QED) is 0.893. The number of nitrogens with two attached hydrogens (primary N) is 1. The Labute approximate surface area is 114 Å². The fourth-order valence-electron chi connectivity index (χ4n) is 2.00. The van der Waals surface area contributed by atoms with Crippen LogP contribution in [0.4, 0.5) is 0 Å². The molecule has 0 bridgehead atoms. The predicted octanol–water partition coefficient (Wildman–Crippen LogP) is 2.82. The average Bonchev–Trinajstić information content (AvgIpc) is 2.31. The summed E-state index contributed by atoms with van der Waals surface area (Å²) in [4.78, 5) is 13.9. The molecule has 1 aromatic carbocycles. The van der Waals surface area contributed by atoms with Crippen LogP contribution >= 0.6 is 11.6 Å². The van der Waals surface area contributed by atoms with Crippen LogP contribution in [0.5, 0.6) is 0 Å². The van der Waals surface area contributed by atoms with E-state index in [-0.39, 0.29) is 5.91 Å². The van der Waals surface area contributed by atoms with Crippen LogP contribution < -0.4 is 5.73 Å². The lowest BCUT2D eigenvalue weighted by Gasteiger charge is -2.29. The Bertz CT molecular complexity index is 401. The van der Waals surface area contributed by atoms with Crippen LogP contribution in [-0.2, 0) is 11.3 Å². The van der Waals surface area contributed by atoms with Crippen LogP contribution in [0, 0.1) is 0 Å². The molecule has 18 heavy (non-hydrogen) atoms.